The fourth-order valence-electron chi connectivity index (χ4n) is 7.35. The Morgan fingerprint density at radius 2 is 1.39 bits per heavy atom. The van der Waals surface area contributed by atoms with E-state index in [1.54, 1.807) is 30.1 Å². The second kappa shape index (κ2) is 20.7. The second-order valence-electron chi connectivity index (χ2n) is 14.7. The van der Waals surface area contributed by atoms with E-state index in [9.17, 15) is 24.0 Å². The van der Waals surface area contributed by atoms with E-state index < -0.39 is 11.9 Å². The molecule has 0 spiro atoms. The van der Waals surface area contributed by atoms with Crippen LogP contribution < -0.4 is 10.6 Å². The highest BCUT2D eigenvalue weighted by Gasteiger charge is 2.27. The molecule has 11 nitrogen and oxygen atoms in total. The third kappa shape index (κ3) is 12.1. The third-order valence-corrected chi connectivity index (χ3v) is 12.0. The predicted molar refractivity (Wildman–Crippen MR) is 225 cm³/mol. The number of carboxylic acids is 2. The summed E-state index contributed by atoms with van der Waals surface area (Å²) in [7, 11) is 1.71. The fourth-order valence-corrected chi connectivity index (χ4v) is 8.63. The van der Waals surface area contributed by atoms with Crippen molar-refractivity contribution >= 4 is 51.7 Å². The molecule has 0 aliphatic heterocycles. The van der Waals surface area contributed by atoms with Gasteiger partial charge in [-0.05, 0) is 116 Å². The molecule has 5 rings (SSSR count). The largest absolute Gasteiger partial charge is 0.481 e. The highest BCUT2D eigenvalue weighted by atomic mass is 32.1. The van der Waals surface area contributed by atoms with Gasteiger partial charge in [-0.2, -0.15) is 0 Å². The second-order valence-corrected chi connectivity index (χ2v) is 15.8. The van der Waals surface area contributed by atoms with E-state index in [2.05, 4.69) is 29.4 Å². The first-order valence-corrected chi connectivity index (χ1v) is 20.7. The van der Waals surface area contributed by atoms with Gasteiger partial charge in [0.05, 0.1) is 17.5 Å². The Balaban J connectivity index is 1.22. The van der Waals surface area contributed by atoms with Gasteiger partial charge in [-0.1, -0.05) is 50.2 Å². The first-order valence-electron chi connectivity index (χ1n) is 19.9. The molecule has 0 saturated heterocycles. The maximum atomic E-state index is 13.9. The Morgan fingerprint density at radius 1 is 0.719 bits per heavy atom. The zero-order chi connectivity index (χ0) is 40.9. The maximum Gasteiger partial charge on any atom is 0.335 e. The molecule has 1 aliphatic rings. The molecule has 302 valence electrons. The van der Waals surface area contributed by atoms with Gasteiger partial charge in [-0.25, -0.2) is 4.79 Å². The Bertz CT molecular complexity index is 2020. The number of carbonyl (C=O) groups excluding carboxylic acids is 3. The summed E-state index contributed by atoms with van der Waals surface area (Å²) in [5.41, 5.74) is 6.12. The van der Waals surface area contributed by atoms with Crippen LogP contribution in [0.5, 0.6) is 0 Å². The molecule has 0 saturated carbocycles. The fraction of sp³-hybridized carbons (Fsp3) is 0.400. The average molecular weight is 795 g/mol. The van der Waals surface area contributed by atoms with E-state index in [1.807, 2.05) is 54.6 Å². The molecule has 0 unspecified atom stereocenters. The topological polar surface area (TPSA) is 156 Å². The number of nitrogens with zero attached hydrogens (tertiary/aromatic N) is 2. The van der Waals surface area contributed by atoms with Crippen molar-refractivity contribution in [2.24, 2.45) is 0 Å². The van der Waals surface area contributed by atoms with Crippen LogP contribution in [0, 0.1) is 0 Å². The molecule has 3 amide bonds. The number of hydrogen-bond acceptors (Lipinski definition) is 7. The highest BCUT2D eigenvalue weighted by molar-refractivity contribution is 7.17. The minimum Gasteiger partial charge on any atom is -0.481 e. The highest BCUT2D eigenvalue weighted by Crippen LogP contribution is 2.39. The minimum absolute atomic E-state index is 0.0160. The molecular formula is C45H54N4O7S. The van der Waals surface area contributed by atoms with Crippen LogP contribution in [-0.4, -0.2) is 82.4 Å². The van der Waals surface area contributed by atoms with E-state index in [-0.39, 0.29) is 36.1 Å². The summed E-state index contributed by atoms with van der Waals surface area (Å²) in [6.45, 7) is 6.19. The number of amides is 3. The summed E-state index contributed by atoms with van der Waals surface area (Å²) < 4.78 is 0. The van der Waals surface area contributed by atoms with Gasteiger partial charge >= 0.3 is 11.9 Å². The van der Waals surface area contributed by atoms with Gasteiger partial charge < -0.3 is 25.7 Å². The van der Waals surface area contributed by atoms with Crippen molar-refractivity contribution in [1.82, 2.24) is 9.80 Å². The van der Waals surface area contributed by atoms with Crippen LogP contribution in [0.2, 0.25) is 0 Å². The van der Waals surface area contributed by atoms with Crippen LogP contribution in [0.4, 0.5) is 10.7 Å². The number of aliphatic carboxylic acids is 1. The summed E-state index contributed by atoms with van der Waals surface area (Å²) >= 11 is 1.48. The Labute approximate surface area is 339 Å². The van der Waals surface area contributed by atoms with Gasteiger partial charge in [0.2, 0.25) is 5.91 Å². The molecule has 0 radical (unpaired) electrons. The minimum atomic E-state index is -0.983. The smallest absolute Gasteiger partial charge is 0.335 e. The molecule has 57 heavy (non-hydrogen) atoms. The van der Waals surface area contributed by atoms with Crippen molar-refractivity contribution in [1.29, 1.82) is 0 Å². The van der Waals surface area contributed by atoms with Crippen molar-refractivity contribution in [2.45, 2.75) is 90.5 Å². The van der Waals surface area contributed by atoms with E-state index >= 15 is 0 Å². The zero-order valence-corrected chi connectivity index (χ0v) is 34.0. The van der Waals surface area contributed by atoms with E-state index in [0.29, 0.717) is 47.4 Å². The average Bonchev–Trinajstić information content (AvgIpc) is 3.58. The number of benzene rings is 3. The van der Waals surface area contributed by atoms with Gasteiger partial charge in [0, 0.05) is 55.3 Å². The summed E-state index contributed by atoms with van der Waals surface area (Å²) in [5.74, 6) is -2.63. The van der Waals surface area contributed by atoms with Gasteiger partial charge in [0.1, 0.15) is 5.00 Å². The number of likely N-dealkylation sites (N-methyl/N-ethyl adjacent to an activating group) is 1. The number of aromatic carboxylic acids is 1. The normalized spacial score (nSPS) is 12.3. The van der Waals surface area contributed by atoms with Gasteiger partial charge in [0.25, 0.3) is 11.8 Å². The number of carbonyl (C=O) groups is 5. The summed E-state index contributed by atoms with van der Waals surface area (Å²) in [4.78, 5) is 67.3. The van der Waals surface area contributed by atoms with Gasteiger partial charge in [-0.3, -0.25) is 24.1 Å². The van der Waals surface area contributed by atoms with Crippen molar-refractivity contribution in [2.75, 3.05) is 37.3 Å². The van der Waals surface area contributed by atoms with E-state index in [1.165, 1.54) is 11.3 Å². The van der Waals surface area contributed by atoms with Gasteiger partial charge in [-0.15, -0.1) is 11.3 Å². The number of nitrogens with one attached hydrogen (secondary N) is 2. The van der Waals surface area contributed by atoms with Crippen LogP contribution in [0.1, 0.15) is 111 Å². The predicted octanol–water partition coefficient (Wildman–Crippen LogP) is 7.97. The number of fused-ring (bicyclic) bond motifs is 1. The monoisotopic (exact) mass is 794 g/mol. The van der Waals surface area contributed by atoms with Crippen molar-refractivity contribution in [3.05, 3.63) is 117 Å². The molecule has 1 aliphatic carbocycles. The Morgan fingerprint density at radius 3 is 2.04 bits per heavy atom. The van der Waals surface area contributed by atoms with Crippen molar-refractivity contribution in [3.63, 3.8) is 0 Å². The summed E-state index contributed by atoms with van der Waals surface area (Å²) in [6, 6.07) is 22.5. The molecule has 1 heterocycles. The lowest BCUT2D eigenvalue weighted by Crippen LogP contribution is -2.42. The van der Waals surface area contributed by atoms with Crippen molar-refractivity contribution in [3.8, 4) is 0 Å². The van der Waals surface area contributed by atoms with Crippen LogP contribution >= 0.6 is 11.3 Å². The molecule has 12 heteroatoms. The summed E-state index contributed by atoms with van der Waals surface area (Å²) in [6.07, 6.45) is 7.62. The number of aryl methyl sites for hydroxylation is 3. The van der Waals surface area contributed by atoms with Crippen LogP contribution in [0.25, 0.3) is 0 Å². The quantitative estimate of drug-likeness (QED) is 0.0702. The molecule has 1 aromatic heterocycles. The molecule has 0 bridgehead atoms. The summed E-state index contributed by atoms with van der Waals surface area (Å²) in [5, 5.41) is 24.8. The van der Waals surface area contributed by atoms with Crippen LogP contribution in [0.3, 0.4) is 0 Å². The molecular weight excluding hydrogens is 741 g/mol. The van der Waals surface area contributed by atoms with E-state index in [0.717, 1.165) is 85.0 Å². The maximum absolute atomic E-state index is 13.9. The number of thiophene rings is 1. The molecule has 4 aromatic rings. The standard InChI is InChI=1S/C45H54N4O7S/c1-4-36(5-2)49(28-27-48(3)39(50)23-24-40(51)52)26-25-32-9-8-10-34(29-32)42(53)47-44-41(37-11-6-7-12-38(37)57-44)43(54)46-35-21-17-31(18-22-35)14-13-30-15-19-33(20-16-30)45(55)56/h8-10,15-22,29,36H,4-7,11-14,23-28H2,1-3H3,(H,46,54)(H,47,53)(H,51,52)(H,55,56). The molecule has 0 fully saturated rings. The molecule has 4 N–H and O–H groups in total. The van der Waals surface area contributed by atoms with Crippen LogP contribution in [0.15, 0.2) is 72.8 Å². The first-order chi connectivity index (χ1) is 27.4. The Kier molecular flexibility index (Phi) is 15.6. The number of carboxylic acid groups (broad SMARTS) is 2. The van der Waals surface area contributed by atoms with Crippen LogP contribution in [-0.2, 0) is 41.7 Å². The number of hydrogen-bond donors (Lipinski definition) is 4. The number of anilines is 2. The third-order valence-electron chi connectivity index (χ3n) is 10.8. The molecule has 0 atom stereocenters. The number of rotatable bonds is 20. The lowest BCUT2D eigenvalue weighted by atomic mass is 9.95. The zero-order valence-electron chi connectivity index (χ0n) is 33.1. The Hall–Kier alpha value is -5.33. The van der Waals surface area contributed by atoms with Crippen molar-refractivity contribution < 1.29 is 34.2 Å². The van der Waals surface area contributed by atoms with E-state index in [4.69, 9.17) is 10.2 Å². The lowest BCUT2D eigenvalue weighted by Gasteiger charge is -2.32. The molecule has 3 aromatic carbocycles. The van der Waals surface area contributed by atoms with Gasteiger partial charge in [0.15, 0.2) is 0 Å². The SMILES string of the molecule is CCC(CC)N(CCc1cccc(C(=O)Nc2sc3c(c2C(=O)Nc2ccc(CCc4ccc(C(=O)O)cc4)cc2)CCCC3)c1)CCN(C)C(=O)CCC(=O)O. The first kappa shape index (κ1) is 42.8. The lowest BCUT2D eigenvalue weighted by molar-refractivity contribution is -0.140.